The third-order valence-electron chi connectivity index (χ3n) is 2.18. The Morgan fingerprint density at radius 1 is 1.50 bits per heavy atom. The molecule has 1 fully saturated rings. The van der Waals surface area contributed by atoms with Crippen molar-refractivity contribution in [3.05, 3.63) is 33.3 Å². The molecule has 1 saturated heterocycles. The Bertz CT molecular complexity index is 326. The van der Waals surface area contributed by atoms with Crippen molar-refractivity contribution in [3.63, 3.8) is 0 Å². The van der Waals surface area contributed by atoms with E-state index in [1.165, 1.54) is 17.7 Å². The molecule has 1 aliphatic rings. The lowest BCUT2D eigenvalue weighted by Gasteiger charge is -2.24. The maximum atomic E-state index is 6.16. The third kappa shape index (κ3) is 2.45. The Balaban J connectivity index is 2.24. The van der Waals surface area contributed by atoms with Gasteiger partial charge in [-0.3, -0.25) is 0 Å². The molecule has 0 amide bonds. The van der Waals surface area contributed by atoms with E-state index in [0.29, 0.717) is 5.37 Å². The van der Waals surface area contributed by atoms with Crippen LogP contribution in [0, 0.1) is 0 Å². The number of benzene rings is 1. The number of halogens is 2. The molecule has 0 spiro atoms. The summed E-state index contributed by atoms with van der Waals surface area (Å²) in [6.07, 6.45) is 1.24. The average Bonchev–Trinajstić information content (AvgIpc) is 2.23. The van der Waals surface area contributed by atoms with Crippen molar-refractivity contribution >= 4 is 39.3 Å². The Kier molecular flexibility index (Phi) is 3.77. The topological polar surface area (TPSA) is 12.0 Å². The van der Waals surface area contributed by atoms with Gasteiger partial charge < -0.3 is 5.32 Å². The number of nitrogens with one attached hydrogen (secondary N) is 1. The third-order valence-corrected chi connectivity index (χ3v) is 4.29. The van der Waals surface area contributed by atoms with Crippen molar-refractivity contribution in [3.8, 4) is 0 Å². The molecular weight excluding hydrogens is 282 g/mol. The van der Waals surface area contributed by atoms with E-state index in [1.807, 2.05) is 23.9 Å². The molecule has 1 aromatic rings. The molecule has 76 valence electrons. The zero-order valence-electron chi connectivity index (χ0n) is 7.59. The lowest BCUT2D eigenvalue weighted by Crippen LogP contribution is -2.25. The van der Waals surface area contributed by atoms with E-state index in [2.05, 4.69) is 27.3 Å². The maximum Gasteiger partial charge on any atom is 0.0804 e. The van der Waals surface area contributed by atoms with E-state index in [0.717, 1.165) is 16.0 Å². The van der Waals surface area contributed by atoms with Gasteiger partial charge in [0, 0.05) is 9.50 Å². The lowest BCUT2D eigenvalue weighted by molar-refractivity contribution is 0.643. The Hall–Kier alpha value is 0.300. The highest BCUT2D eigenvalue weighted by Gasteiger charge is 2.17. The van der Waals surface area contributed by atoms with E-state index >= 15 is 0 Å². The molecule has 1 aliphatic heterocycles. The highest BCUT2D eigenvalue weighted by molar-refractivity contribution is 9.10. The van der Waals surface area contributed by atoms with E-state index < -0.39 is 0 Å². The van der Waals surface area contributed by atoms with Crippen molar-refractivity contribution < 1.29 is 0 Å². The van der Waals surface area contributed by atoms with Gasteiger partial charge in [-0.1, -0.05) is 27.5 Å². The van der Waals surface area contributed by atoms with Gasteiger partial charge in [0.15, 0.2) is 0 Å². The highest BCUT2D eigenvalue weighted by atomic mass is 79.9. The minimum Gasteiger partial charge on any atom is -0.302 e. The van der Waals surface area contributed by atoms with Gasteiger partial charge in [0.25, 0.3) is 0 Å². The first-order valence-corrected chi connectivity index (χ1v) is 6.79. The normalized spacial score (nSPS) is 22.3. The van der Waals surface area contributed by atoms with Crippen LogP contribution < -0.4 is 5.32 Å². The molecule has 0 bridgehead atoms. The predicted molar refractivity (Wildman–Crippen MR) is 67.0 cm³/mol. The summed E-state index contributed by atoms with van der Waals surface area (Å²) in [5.74, 6) is 1.21. The summed E-state index contributed by atoms with van der Waals surface area (Å²) in [5.41, 5.74) is 1.19. The first-order valence-electron chi connectivity index (χ1n) is 4.57. The molecular formula is C10H11BrClNS. The van der Waals surface area contributed by atoms with Crippen LogP contribution in [0.3, 0.4) is 0 Å². The summed E-state index contributed by atoms with van der Waals surface area (Å²) in [6.45, 7) is 1.08. The quantitative estimate of drug-likeness (QED) is 0.844. The van der Waals surface area contributed by atoms with Gasteiger partial charge in [-0.2, -0.15) is 0 Å². The number of thioether (sulfide) groups is 1. The SMILES string of the molecule is Clc1ccc(Br)cc1C1NCCCS1. The van der Waals surface area contributed by atoms with Gasteiger partial charge in [-0.15, -0.1) is 11.8 Å². The molecule has 2 rings (SSSR count). The second-order valence-electron chi connectivity index (χ2n) is 3.22. The van der Waals surface area contributed by atoms with Crippen LogP contribution in [0.15, 0.2) is 22.7 Å². The zero-order valence-corrected chi connectivity index (χ0v) is 10.8. The minimum absolute atomic E-state index is 0.355. The number of rotatable bonds is 1. The summed E-state index contributed by atoms with van der Waals surface area (Å²) in [5, 5.41) is 4.66. The molecule has 1 atom stereocenters. The second-order valence-corrected chi connectivity index (χ2v) is 5.76. The lowest BCUT2D eigenvalue weighted by atomic mass is 10.2. The van der Waals surface area contributed by atoms with Crippen LogP contribution in [0.4, 0.5) is 0 Å². The van der Waals surface area contributed by atoms with Crippen molar-refractivity contribution in [1.29, 1.82) is 0 Å². The molecule has 1 aromatic carbocycles. The average molecular weight is 293 g/mol. The standard InChI is InChI=1S/C10H11BrClNS/c11-7-2-3-9(12)8(6-7)10-13-4-1-5-14-10/h2-3,6,10,13H,1,4-5H2. The fourth-order valence-electron chi connectivity index (χ4n) is 1.48. The number of hydrogen-bond donors (Lipinski definition) is 1. The molecule has 0 radical (unpaired) electrons. The van der Waals surface area contributed by atoms with E-state index in [1.54, 1.807) is 0 Å². The van der Waals surface area contributed by atoms with E-state index in [-0.39, 0.29) is 0 Å². The Labute approximate surface area is 102 Å². The largest absolute Gasteiger partial charge is 0.302 e. The van der Waals surface area contributed by atoms with Gasteiger partial charge in [-0.25, -0.2) is 0 Å². The Morgan fingerprint density at radius 3 is 3.07 bits per heavy atom. The van der Waals surface area contributed by atoms with Crippen LogP contribution in [-0.2, 0) is 0 Å². The van der Waals surface area contributed by atoms with Gasteiger partial charge in [0.1, 0.15) is 0 Å². The monoisotopic (exact) mass is 291 g/mol. The predicted octanol–water partition coefficient (Wildman–Crippen LogP) is 3.83. The fourth-order valence-corrected chi connectivity index (χ4v) is 3.31. The van der Waals surface area contributed by atoms with Crippen LogP contribution in [0.25, 0.3) is 0 Å². The highest BCUT2D eigenvalue weighted by Crippen LogP contribution is 2.35. The van der Waals surface area contributed by atoms with Crippen molar-refractivity contribution in [2.24, 2.45) is 0 Å². The molecule has 1 heterocycles. The summed E-state index contributed by atoms with van der Waals surface area (Å²) in [4.78, 5) is 0. The van der Waals surface area contributed by atoms with Crippen LogP contribution in [0.2, 0.25) is 5.02 Å². The van der Waals surface area contributed by atoms with Crippen LogP contribution in [0.5, 0.6) is 0 Å². The van der Waals surface area contributed by atoms with Crippen molar-refractivity contribution in [2.75, 3.05) is 12.3 Å². The van der Waals surface area contributed by atoms with Crippen LogP contribution in [0.1, 0.15) is 17.4 Å². The van der Waals surface area contributed by atoms with Gasteiger partial charge in [0.05, 0.1) is 5.37 Å². The molecule has 0 aliphatic carbocycles. The molecule has 1 nitrogen and oxygen atoms in total. The maximum absolute atomic E-state index is 6.16. The first kappa shape index (κ1) is 10.8. The number of hydrogen-bond acceptors (Lipinski definition) is 2. The summed E-state index contributed by atoms with van der Waals surface area (Å²) in [7, 11) is 0. The molecule has 0 aromatic heterocycles. The minimum atomic E-state index is 0.355. The summed E-state index contributed by atoms with van der Waals surface area (Å²) >= 11 is 11.5. The first-order chi connectivity index (χ1) is 6.77. The van der Waals surface area contributed by atoms with Gasteiger partial charge in [-0.05, 0) is 42.5 Å². The van der Waals surface area contributed by atoms with Gasteiger partial charge >= 0.3 is 0 Å². The van der Waals surface area contributed by atoms with Gasteiger partial charge in [0.2, 0.25) is 0 Å². The fraction of sp³-hybridized carbons (Fsp3) is 0.400. The van der Waals surface area contributed by atoms with E-state index in [4.69, 9.17) is 11.6 Å². The van der Waals surface area contributed by atoms with Crippen molar-refractivity contribution in [2.45, 2.75) is 11.8 Å². The van der Waals surface area contributed by atoms with Crippen LogP contribution in [-0.4, -0.2) is 12.3 Å². The smallest absolute Gasteiger partial charge is 0.0804 e. The molecule has 4 heteroatoms. The second kappa shape index (κ2) is 4.88. The molecule has 14 heavy (non-hydrogen) atoms. The molecule has 1 N–H and O–H groups in total. The summed E-state index contributed by atoms with van der Waals surface area (Å²) in [6, 6.07) is 6.01. The summed E-state index contributed by atoms with van der Waals surface area (Å²) < 4.78 is 1.09. The molecule has 1 unspecified atom stereocenters. The zero-order chi connectivity index (χ0) is 9.97. The van der Waals surface area contributed by atoms with E-state index in [9.17, 15) is 0 Å². The van der Waals surface area contributed by atoms with Crippen molar-refractivity contribution in [1.82, 2.24) is 5.32 Å². The van der Waals surface area contributed by atoms with Crippen LogP contribution >= 0.6 is 39.3 Å². The Morgan fingerprint density at radius 2 is 2.36 bits per heavy atom. The molecule has 0 saturated carbocycles.